The van der Waals surface area contributed by atoms with Crippen LogP contribution in [0.25, 0.3) is 16.9 Å². The van der Waals surface area contributed by atoms with E-state index in [0.29, 0.717) is 35.3 Å². The first-order chi connectivity index (χ1) is 18.6. The average molecular weight is 511 g/mol. The van der Waals surface area contributed by atoms with E-state index in [9.17, 15) is 4.79 Å². The number of benzene rings is 1. The van der Waals surface area contributed by atoms with E-state index >= 15 is 0 Å². The summed E-state index contributed by atoms with van der Waals surface area (Å²) in [5.74, 6) is 1.58. The van der Waals surface area contributed by atoms with E-state index in [0.717, 1.165) is 56.8 Å². The summed E-state index contributed by atoms with van der Waals surface area (Å²) >= 11 is 0. The third-order valence-electron chi connectivity index (χ3n) is 7.83. The summed E-state index contributed by atoms with van der Waals surface area (Å²) in [6.07, 6.45) is 6.55. The lowest BCUT2D eigenvalue weighted by Gasteiger charge is -2.34. The van der Waals surface area contributed by atoms with Gasteiger partial charge in [0.05, 0.1) is 6.54 Å². The predicted molar refractivity (Wildman–Crippen MR) is 152 cm³/mol. The van der Waals surface area contributed by atoms with Crippen LogP contribution in [0.2, 0.25) is 0 Å². The molecule has 1 unspecified atom stereocenters. The quantitative estimate of drug-likeness (QED) is 0.375. The second-order valence-corrected chi connectivity index (χ2v) is 10.2. The van der Waals surface area contributed by atoms with Crippen LogP contribution in [-0.4, -0.2) is 62.4 Å². The van der Waals surface area contributed by atoms with Gasteiger partial charge in [-0.05, 0) is 62.2 Å². The largest absolute Gasteiger partial charge is 0.369 e. The van der Waals surface area contributed by atoms with Crippen LogP contribution >= 0.6 is 0 Å². The molecule has 9 nitrogen and oxygen atoms in total. The summed E-state index contributed by atoms with van der Waals surface area (Å²) in [5, 5.41) is 3.77. The molecule has 0 amide bonds. The summed E-state index contributed by atoms with van der Waals surface area (Å²) in [5.41, 5.74) is 4.91. The van der Waals surface area contributed by atoms with E-state index in [-0.39, 0.29) is 5.56 Å². The molecule has 38 heavy (non-hydrogen) atoms. The molecule has 0 bridgehead atoms. The molecule has 1 atom stereocenters. The van der Waals surface area contributed by atoms with Gasteiger partial charge in [0.2, 0.25) is 5.95 Å². The fraction of sp³-hybridized carbons (Fsp3) is 0.379. The standard InChI is InChI=1S/C29H34N8O/c1-4-14-36-28(38)24-19-30-29(31-22-9-11-23(12-10-22)35-17-15-34(3)16-18-35)33-27(24)37(36)25-13-8-21-7-6-20(5-2)26(21)32-25/h4,8-13,19-20H,1,5-7,14-18H2,2-3H3,(H,30,31,33). The Kier molecular flexibility index (Phi) is 6.45. The van der Waals surface area contributed by atoms with Crippen molar-refractivity contribution in [3.63, 3.8) is 0 Å². The van der Waals surface area contributed by atoms with Gasteiger partial charge < -0.3 is 15.1 Å². The first-order valence-corrected chi connectivity index (χ1v) is 13.5. The van der Waals surface area contributed by atoms with Gasteiger partial charge in [-0.3, -0.25) is 4.79 Å². The molecule has 196 valence electrons. The van der Waals surface area contributed by atoms with Gasteiger partial charge in [0.15, 0.2) is 11.5 Å². The van der Waals surface area contributed by atoms with Gasteiger partial charge >= 0.3 is 0 Å². The van der Waals surface area contributed by atoms with Gasteiger partial charge in [0.25, 0.3) is 5.56 Å². The van der Waals surface area contributed by atoms with E-state index < -0.39 is 0 Å². The number of allylic oxidation sites excluding steroid dienone is 1. The second-order valence-electron chi connectivity index (χ2n) is 10.2. The molecule has 4 aromatic rings. The Balaban J connectivity index is 1.34. The Bertz CT molecular complexity index is 1530. The van der Waals surface area contributed by atoms with Crippen molar-refractivity contribution in [2.24, 2.45) is 0 Å². The van der Waals surface area contributed by atoms with Crippen LogP contribution in [0, 0.1) is 0 Å². The Morgan fingerprint density at radius 2 is 1.87 bits per heavy atom. The third kappa shape index (κ3) is 4.36. The zero-order valence-electron chi connectivity index (χ0n) is 22.1. The van der Waals surface area contributed by atoms with E-state index in [1.165, 1.54) is 11.3 Å². The number of hydrogen-bond donors (Lipinski definition) is 1. The number of hydrogen-bond acceptors (Lipinski definition) is 7. The van der Waals surface area contributed by atoms with Crippen molar-refractivity contribution in [2.75, 3.05) is 43.4 Å². The second kappa shape index (κ2) is 10.1. The summed E-state index contributed by atoms with van der Waals surface area (Å²) in [6, 6.07) is 12.5. The minimum Gasteiger partial charge on any atom is -0.369 e. The lowest BCUT2D eigenvalue weighted by atomic mass is 10.0. The molecule has 1 aromatic carbocycles. The van der Waals surface area contributed by atoms with Crippen molar-refractivity contribution in [3.05, 3.63) is 76.9 Å². The highest BCUT2D eigenvalue weighted by molar-refractivity contribution is 5.77. The molecule has 1 aliphatic carbocycles. The lowest BCUT2D eigenvalue weighted by Crippen LogP contribution is -2.44. The SMILES string of the molecule is C=CCn1c(=O)c2cnc(Nc3ccc(N4CCN(C)CC4)cc3)nc2n1-c1ccc2c(n1)C(CC)CC2. The van der Waals surface area contributed by atoms with Gasteiger partial charge in [-0.2, -0.15) is 4.98 Å². The van der Waals surface area contributed by atoms with Gasteiger partial charge in [0.1, 0.15) is 5.39 Å². The minimum absolute atomic E-state index is 0.155. The van der Waals surface area contributed by atoms with Crippen molar-refractivity contribution in [3.8, 4) is 5.82 Å². The maximum absolute atomic E-state index is 13.3. The molecule has 4 heterocycles. The molecule has 9 heteroatoms. The first-order valence-electron chi connectivity index (χ1n) is 13.5. The van der Waals surface area contributed by atoms with Crippen LogP contribution in [0.4, 0.5) is 17.3 Å². The summed E-state index contributed by atoms with van der Waals surface area (Å²) in [6.45, 7) is 10.6. The number of piperazine rings is 1. The highest BCUT2D eigenvalue weighted by Crippen LogP contribution is 2.34. The number of anilines is 3. The number of aryl methyl sites for hydroxylation is 1. The Hall–Kier alpha value is -3.98. The molecule has 6 rings (SSSR count). The van der Waals surface area contributed by atoms with Crippen molar-refractivity contribution >= 4 is 28.4 Å². The first kappa shape index (κ1) is 24.4. The monoisotopic (exact) mass is 510 g/mol. The van der Waals surface area contributed by atoms with Crippen molar-refractivity contribution < 1.29 is 0 Å². The van der Waals surface area contributed by atoms with E-state index in [4.69, 9.17) is 9.97 Å². The summed E-state index contributed by atoms with van der Waals surface area (Å²) in [7, 11) is 2.16. The number of nitrogens with zero attached hydrogens (tertiary/aromatic N) is 7. The summed E-state index contributed by atoms with van der Waals surface area (Å²) < 4.78 is 3.44. The van der Waals surface area contributed by atoms with Gasteiger partial charge in [-0.15, -0.1) is 6.58 Å². The highest BCUT2D eigenvalue weighted by atomic mass is 16.1. The van der Waals surface area contributed by atoms with Crippen LogP contribution in [0.5, 0.6) is 0 Å². The van der Waals surface area contributed by atoms with Crippen LogP contribution in [0.3, 0.4) is 0 Å². The molecule has 1 N–H and O–H groups in total. The average Bonchev–Trinajstić information content (AvgIpc) is 3.47. The number of rotatable bonds is 7. The number of fused-ring (bicyclic) bond motifs is 2. The number of likely N-dealkylation sites (N-methyl/N-ethyl adjacent to an activating group) is 1. The smallest absolute Gasteiger partial charge is 0.278 e. The normalized spacial score (nSPS) is 17.6. The minimum atomic E-state index is -0.155. The van der Waals surface area contributed by atoms with Crippen molar-refractivity contribution in [1.29, 1.82) is 0 Å². The van der Waals surface area contributed by atoms with Crippen LogP contribution in [0.15, 0.2) is 60.0 Å². The Morgan fingerprint density at radius 1 is 1.08 bits per heavy atom. The van der Waals surface area contributed by atoms with Crippen molar-refractivity contribution in [2.45, 2.75) is 38.6 Å². The molecule has 1 saturated heterocycles. The Morgan fingerprint density at radius 3 is 2.61 bits per heavy atom. The molecule has 0 radical (unpaired) electrons. The Labute approximate surface area is 222 Å². The molecular formula is C29H34N8O. The zero-order valence-corrected chi connectivity index (χ0v) is 22.1. The van der Waals surface area contributed by atoms with E-state index in [2.05, 4.69) is 58.9 Å². The molecule has 0 saturated carbocycles. The molecule has 1 aliphatic heterocycles. The fourth-order valence-electron chi connectivity index (χ4n) is 5.60. The van der Waals surface area contributed by atoms with E-state index in [1.807, 2.05) is 22.9 Å². The van der Waals surface area contributed by atoms with Crippen molar-refractivity contribution in [1.82, 2.24) is 29.2 Å². The molecule has 1 fully saturated rings. The lowest BCUT2D eigenvalue weighted by molar-refractivity contribution is 0.313. The topological polar surface area (TPSA) is 84.1 Å². The summed E-state index contributed by atoms with van der Waals surface area (Å²) in [4.78, 5) is 32.3. The fourth-order valence-corrected chi connectivity index (χ4v) is 5.60. The highest BCUT2D eigenvalue weighted by Gasteiger charge is 2.25. The van der Waals surface area contributed by atoms with Gasteiger partial charge in [0, 0.05) is 55.4 Å². The molecule has 2 aliphatic rings. The zero-order chi connectivity index (χ0) is 26.2. The third-order valence-corrected chi connectivity index (χ3v) is 7.83. The van der Waals surface area contributed by atoms with E-state index in [1.54, 1.807) is 17.0 Å². The molecule has 0 spiro atoms. The van der Waals surface area contributed by atoms with Gasteiger partial charge in [-0.25, -0.2) is 19.3 Å². The van der Waals surface area contributed by atoms with Crippen LogP contribution in [-0.2, 0) is 13.0 Å². The van der Waals surface area contributed by atoms with Crippen LogP contribution < -0.4 is 15.8 Å². The van der Waals surface area contributed by atoms with Crippen LogP contribution in [0.1, 0.15) is 36.9 Å². The molecule has 3 aromatic heterocycles. The maximum Gasteiger partial charge on any atom is 0.278 e. The maximum atomic E-state index is 13.3. The number of nitrogens with one attached hydrogen (secondary N) is 1. The predicted octanol–water partition coefficient (Wildman–Crippen LogP) is 4.10. The molecular weight excluding hydrogens is 476 g/mol. The van der Waals surface area contributed by atoms with Gasteiger partial charge in [-0.1, -0.05) is 19.1 Å². The number of pyridine rings is 1. The number of aromatic nitrogens is 5.